The van der Waals surface area contributed by atoms with Crippen molar-refractivity contribution in [2.24, 2.45) is 18.5 Å². The van der Waals surface area contributed by atoms with Gasteiger partial charge in [0, 0.05) is 42.6 Å². The summed E-state index contributed by atoms with van der Waals surface area (Å²) in [6.07, 6.45) is 6.92. The smallest absolute Gasteiger partial charge is 0.273 e. The highest BCUT2D eigenvalue weighted by Gasteiger charge is 2.20. The lowest BCUT2D eigenvalue weighted by molar-refractivity contribution is -0.118. The number of nitrogens with two attached hydrogens (primary N) is 2. The van der Waals surface area contributed by atoms with E-state index in [0.29, 0.717) is 12.1 Å². The van der Waals surface area contributed by atoms with Crippen molar-refractivity contribution in [2.75, 3.05) is 10.6 Å². The van der Waals surface area contributed by atoms with E-state index in [0.717, 1.165) is 35.0 Å². The third-order valence-corrected chi connectivity index (χ3v) is 5.66. The molecule has 0 aliphatic heterocycles. The van der Waals surface area contributed by atoms with Crippen LogP contribution in [0.4, 0.5) is 17.5 Å². The molecule has 0 unspecified atom stereocenters. The Bertz CT molecular complexity index is 1390. The average Bonchev–Trinajstić information content (AvgIpc) is 3.44. The Kier molecular flexibility index (Phi) is 6.62. The minimum absolute atomic E-state index is 0.0561. The number of fused-ring (bicyclic) bond motifs is 1. The third-order valence-electron chi connectivity index (χ3n) is 5.66. The highest BCUT2D eigenvalue weighted by Crippen LogP contribution is 2.34. The molecule has 3 heterocycles. The summed E-state index contributed by atoms with van der Waals surface area (Å²) >= 11 is 0. The Hall–Kier alpha value is -4.48. The van der Waals surface area contributed by atoms with Gasteiger partial charge in [0.15, 0.2) is 11.5 Å². The number of primary amides is 2. The van der Waals surface area contributed by atoms with Gasteiger partial charge in [0.2, 0.25) is 11.9 Å². The molecule has 12 nitrogen and oxygen atoms in total. The zero-order valence-corrected chi connectivity index (χ0v) is 19.8. The molecule has 1 atom stereocenters. The van der Waals surface area contributed by atoms with E-state index in [9.17, 15) is 9.59 Å². The number of amides is 2. The number of benzene rings is 1. The van der Waals surface area contributed by atoms with E-state index in [1.807, 2.05) is 38.5 Å². The summed E-state index contributed by atoms with van der Waals surface area (Å²) < 4.78 is 3.84. The summed E-state index contributed by atoms with van der Waals surface area (Å²) in [7, 11) is 1.86. The van der Waals surface area contributed by atoms with E-state index in [2.05, 4.69) is 48.5 Å². The monoisotopic (exact) mass is 476 g/mol. The van der Waals surface area contributed by atoms with Gasteiger partial charge < -0.3 is 26.7 Å². The van der Waals surface area contributed by atoms with Crippen molar-refractivity contribution in [3.05, 3.63) is 42.5 Å². The van der Waals surface area contributed by atoms with E-state index < -0.39 is 17.9 Å². The van der Waals surface area contributed by atoms with Crippen molar-refractivity contribution in [3.63, 3.8) is 0 Å². The highest BCUT2D eigenvalue weighted by atomic mass is 16.1. The average molecular weight is 477 g/mol. The molecule has 0 spiro atoms. The fourth-order valence-corrected chi connectivity index (χ4v) is 3.91. The zero-order valence-electron chi connectivity index (χ0n) is 19.8. The minimum atomic E-state index is -0.787. The number of nitrogens with one attached hydrogen (secondary N) is 2. The van der Waals surface area contributed by atoms with Gasteiger partial charge in [0.25, 0.3) is 5.91 Å². The molecular formula is C23H28N10O2. The Balaban J connectivity index is 1.80. The van der Waals surface area contributed by atoms with Crippen LogP contribution in [-0.4, -0.2) is 47.4 Å². The van der Waals surface area contributed by atoms with Crippen LogP contribution in [0.2, 0.25) is 0 Å². The molecule has 35 heavy (non-hydrogen) atoms. The number of hydrogen-bond donors (Lipinski definition) is 4. The lowest BCUT2D eigenvalue weighted by Crippen LogP contribution is -2.36. The summed E-state index contributed by atoms with van der Waals surface area (Å²) in [4.78, 5) is 28.3. The van der Waals surface area contributed by atoms with E-state index in [-0.39, 0.29) is 17.5 Å². The lowest BCUT2D eigenvalue weighted by Gasteiger charge is -2.16. The van der Waals surface area contributed by atoms with E-state index in [4.69, 9.17) is 11.5 Å². The molecule has 3 aromatic heterocycles. The van der Waals surface area contributed by atoms with Gasteiger partial charge in [0.05, 0.1) is 11.7 Å². The first-order valence-electron chi connectivity index (χ1n) is 11.3. The number of aryl methyl sites for hydroxylation is 2. The molecule has 12 heteroatoms. The first-order chi connectivity index (χ1) is 16.8. The maximum atomic E-state index is 12.1. The van der Waals surface area contributed by atoms with Crippen LogP contribution in [-0.2, 0) is 18.4 Å². The van der Waals surface area contributed by atoms with Crippen LogP contribution >= 0.6 is 0 Å². The number of aromatic nitrogens is 6. The van der Waals surface area contributed by atoms with Gasteiger partial charge in [-0.3, -0.25) is 14.3 Å². The summed E-state index contributed by atoms with van der Waals surface area (Å²) in [6.45, 7) is 4.77. The Morgan fingerprint density at radius 1 is 1.14 bits per heavy atom. The lowest BCUT2D eigenvalue weighted by atomic mass is 10.1. The van der Waals surface area contributed by atoms with Gasteiger partial charge >= 0.3 is 0 Å². The number of hydrogen-bond acceptors (Lipinski definition) is 8. The molecule has 0 saturated heterocycles. The van der Waals surface area contributed by atoms with Crippen LogP contribution in [0, 0.1) is 0 Å². The second-order valence-electron chi connectivity index (χ2n) is 8.17. The molecule has 0 aliphatic rings. The van der Waals surface area contributed by atoms with Crippen LogP contribution in [0.5, 0.6) is 0 Å². The van der Waals surface area contributed by atoms with Crippen molar-refractivity contribution in [1.29, 1.82) is 0 Å². The Morgan fingerprint density at radius 3 is 2.57 bits per heavy atom. The number of rotatable bonds is 10. The summed E-state index contributed by atoms with van der Waals surface area (Å²) in [5.41, 5.74) is 14.5. The topological polar surface area (TPSA) is 172 Å². The first kappa shape index (κ1) is 23.7. The van der Waals surface area contributed by atoms with Crippen molar-refractivity contribution in [3.8, 4) is 11.1 Å². The van der Waals surface area contributed by atoms with Crippen LogP contribution < -0.4 is 22.1 Å². The molecule has 4 rings (SSSR count). The normalized spacial score (nSPS) is 12.0. The predicted molar refractivity (Wildman–Crippen MR) is 133 cm³/mol. The van der Waals surface area contributed by atoms with Crippen molar-refractivity contribution >= 4 is 40.2 Å². The number of carbonyl (C=O) groups is 2. The number of anilines is 3. The largest absolute Gasteiger partial charge is 0.368 e. The maximum absolute atomic E-state index is 12.1. The number of nitrogens with zero attached hydrogens (tertiary/aromatic N) is 6. The molecular weight excluding hydrogens is 448 g/mol. The van der Waals surface area contributed by atoms with Gasteiger partial charge in [-0.25, -0.2) is 0 Å². The van der Waals surface area contributed by atoms with Crippen LogP contribution in [0.15, 0.2) is 36.8 Å². The van der Waals surface area contributed by atoms with Crippen molar-refractivity contribution in [1.82, 2.24) is 29.5 Å². The van der Waals surface area contributed by atoms with Crippen LogP contribution in [0.1, 0.15) is 37.2 Å². The molecule has 0 fully saturated rings. The van der Waals surface area contributed by atoms with Crippen LogP contribution in [0.25, 0.3) is 22.0 Å². The minimum Gasteiger partial charge on any atom is -0.368 e. The standard InChI is InChI=1S/C23H28N10O2/c1-4-6-16(20(24)34)28-23-29-22(19(21(25)35)30-31-23)27-17-9-13(14-11-26-32(3)12-14)10-18-15(17)7-8-33(18)5-2/h7-12,16H,4-6H2,1-3H3,(H2,24,34)(H2,25,35)(H2,27,28,29,31)/t16-/m1/s1. The van der Waals surface area contributed by atoms with E-state index >= 15 is 0 Å². The first-order valence-corrected chi connectivity index (χ1v) is 11.3. The Labute approximate surface area is 201 Å². The molecule has 6 N–H and O–H groups in total. The molecule has 0 aliphatic carbocycles. The summed E-state index contributed by atoms with van der Waals surface area (Å²) in [6, 6.07) is 5.34. The molecule has 182 valence electrons. The Morgan fingerprint density at radius 2 is 1.94 bits per heavy atom. The van der Waals surface area contributed by atoms with E-state index in [1.54, 1.807) is 10.9 Å². The van der Waals surface area contributed by atoms with Gasteiger partial charge in [-0.15, -0.1) is 10.2 Å². The van der Waals surface area contributed by atoms with Gasteiger partial charge in [-0.05, 0) is 37.1 Å². The summed E-state index contributed by atoms with van der Waals surface area (Å²) in [5.74, 6) is -1.15. The summed E-state index contributed by atoms with van der Waals surface area (Å²) in [5, 5.41) is 19.2. The van der Waals surface area contributed by atoms with Gasteiger partial charge in [-0.2, -0.15) is 10.1 Å². The molecule has 0 radical (unpaired) electrons. The fraction of sp³-hybridized carbons (Fsp3) is 0.304. The second-order valence-corrected chi connectivity index (χ2v) is 8.17. The highest BCUT2D eigenvalue weighted by molar-refractivity contribution is 6.01. The fourth-order valence-electron chi connectivity index (χ4n) is 3.91. The van der Waals surface area contributed by atoms with Crippen LogP contribution in [0.3, 0.4) is 0 Å². The SMILES string of the molecule is CCC[C@@H](Nc1nnc(C(N)=O)c(Nc2cc(-c3cnn(C)c3)cc3c2ccn3CC)n1)C(N)=O. The van der Waals surface area contributed by atoms with Gasteiger partial charge in [-0.1, -0.05) is 13.3 Å². The molecule has 2 amide bonds. The quantitative estimate of drug-likeness (QED) is 0.269. The van der Waals surface area contributed by atoms with Crippen molar-refractivity contribution < 1.29 is 9.59 Å². The molecule has 1 aromatic carbocycles. The molecule has 4 aromatic rings. The number of carbonyl (C=O) groups excluding carboxylic acids is 2. The third kappa shape index (κ3) is 4.90. The van der Waals surface area contributed by atoms with E-state index in [1.165, 1.54) is 0 Å². The second kappa shape index (κ2) is 9.79. The molecule has 0 saturated carbocycles. The maximum Gasteiger partial charge on any atom is 0.273 e. The zero-order chi connectivity index (χ0) is 25.1. The van der Waals surface area contributed by atoms with Crippen molar-refractivity contribution in [2.45, 2.75) is 39.3 Å². The predicted octanol–water partition coefficient (Wildman–Crippen LogP) is 2.16. The molecule has 0 bridgehead atoms. The van der Waals surface area contributed by atoms with Gasteiger partial charge in [0.1, 0.15) is 6.04 Å².